The molecular weight excluding hydrogens is 271 g/mol. The number of nitrogens with one attached hydrogen (secondary N) is 1. The van der Waals surface area contributed by atoms with Crippen LogP contribution in [0.5, 0.6) is 0 Å². The average molecular weight is 291 g/mol. The van der Waals surface area contributed by atoms with E-state index in [1.54, 1.807) is 0 Å². The van der Waals surface area contributed by atoms with Crippen LogP contribution in [0.25, 0.3) is 0 Å². The van der Waals surface area contributed by atoms with Crippen LogP contribution in [0.1, 0.15) is 50.7 Å². The fourth-order valence-electron chi connectivity index (χ4n) is 2.78. The zero-order chi connectivity index (χ0) is 14.6. The highest BCUT2D eigenvalue weighted by Gasteiger charge is 2.38. The molecule has 0 spiro atoms. The lowest BCUT2D eigenvalue weighted by Crippen LogP contribution is -2.40. The second kappa shape index (κ2) is 6.11. The second-order valence-corrected chi connectivity index (χ2v) is 5.41. The quantitative estimate of drug-likeness (QED) is 0.906. The summed E-state index contributed by atoms with van der Waals surface area (Å²) in [5.41, 5.74) is -0.163. The minimum atomic E-state index is -4.18. The van der Waals surface area contributed by atoms with Crippen LogP contribution in [0.3, 0.4) is 0 Å². The number of rotatable bonds is 5. The summed E-state index contributed by atoms with van der Waals surface area (Å²) in [6.07, 6.45) is -1.61. The molecule has 1 fully saturated rings. The molecule has 1 N–H and O–H groups in total. The number of piperidine rings is 1. The van der Waals surface area contributed by atoms with E-state index in [1.807, 2.05) is 0 Å². The molecule has 4 nitrogen and oxygen atoms in total. The largest absolute Gasteiger partial charge is 0.389 e. The molecule has 1 aromatic heterocycles. The van der Waals surface area contributed by atoms with Gasteiger partial charge < -0.3 is 9.84 Å². The summed E-state index contributed by atoms with van der Waals surface area (Å²) >= 11 is 0. The first-order chi connectivity index (χ1) is 9.45. The van der Waals surface area contributed by atoms with Crippen molar-refractivity contribution in [3.8, 4) is 0 Å². The van der Waals surface area contributed by atoms with Crippen LogP contribution in [-0.2, 0) is 11.8 Å². The number of hydrogen-bond acceptors (Lipinski definition) is 4. The maximum Gasteiger partial charge on any atom is 0.389 e. The molecule has 2 rings (SSSR count). The second-order valence-electron chi connectivity index (χ2n) is 5.41. The van der Waals surface area contributed by atoms with E-state index in [9.17, 15) is 13.2 Å². The molecule has 1 aromatic rings. The topological polar surface area (TPSA) is 51.0 Å². The Morgan fingerprint density at radius 3 is 2.60 bits per heavy atom. The maximum atomic E-state index is 12.2. The highest BCUT2D eigenvalue weighted by Crippen LogP contribution is 2.37. The fraction of sp³-hybridized carbons (Fsp3) is 0.846. The summed E-state index contributed by atoms with van der Waals surface area (Å²) < 4.78 is 41.9. The average Bonchev–Trinajstić information content (AvgIpc) is 2.86. The minimum absolute atomic E-state index is 0.159. The first kappa shape index (κ1) is 15.3. The third kappa shape index (κ3) is 3.71. The van der Waals surface area contributed by atoms with E-state index in [0.29, 0.717) is 5.89 Å². The molecule has 0 radical (unpaired) electrons. The Morgan fingerprint density at radius 2 is 2.00 bits per heavy atom. The van der Waals surface area contributed by atoms with Crippen molar-refractivity contribution >= 4 is 0 Å². The van der Waals surface area contributed by atoms with E-state index in [2.05, 4.69) is 22.4 Å². The third-order valence-corrected chi connectivity index (χ3v) is 3.84. The van der Waals surface area contributed by atoms with Gasteiger partial charge in [0.1, 0.15) is 0 Å². The Balaban J connectivity index is 2.08. The van der Waals surface area contributed by atoms with Gasteiger partial charge in [-0.05, 0) is 32.4 Å². The fourth-order valence-corrected chi connectivity index (χ4v) is 2.78. The van der Waals surface area contributed by atoms with Gasteiger partial charge in [-0.1, -0.05) is 18.5 Å². The third-order valence-electron chi connectivity index (χ3n) is 3.84. The Labute approximate surface area is 116 Å². The van der Waals surface area contributed by atoms with Crippen molar-refractivity contribution < 1.29 is 17.7 Å². The molecule has 0 aromatic carbocycles. The predicted molar refractivity (Wildman–Crippen MR) is 67.4 cm³/mol. The van der Waals surface area contributed by atoms with Gasteiger partial charge in [-0.25, -0.2) is 0 Å². The highest BCUT2D eigenvalue weighted by atomic mass is 19.4. The van der Waals surface area contributed by atoms with E-state index in [4.69, 9.17) is 4.52 Å². The molecular formula is C13H20F3N3O. The first-order valence-corrected chi connectivity index (χ1v) is 7.06. The van der Waals surface area contributed by atoms with Crippen LogP contribution in [-0.4, -0.2) is 29.4 Å². The Hall–Kier alpha value is -1.11. The number of aromatic nitrogens is 2. The number of aryl methyl sites for hydroxylation is 1. The van der Waals surface area contributed by atoms with Crippen molar-refractivity contribution in [2.45, 2.75) is 57.0 Å². The van der Waals surface area contributed by atoms with Crippen LogP contribution in [0.4, 0.5) is 13.2 Å². The van der Waals surface area contributed by atoms with E-state index in [0.717, 1.165) is 38.8 Å². The molecule has 20 heavy (non-hydrogen) atoms. The summed E-state index contributed by atoms with van der Waals surface area (Å²) in [6, 6.07) is 0. The van der Waals surface area contributed by atoms with Crippen LogP contribution in [0, 0.1) is 0 Å². The van der Waals surface area contributed by atoms with E-state index in [1.165, 1.54) is 0 Å². The van der Waals surface area contributed by atoms with E-state index in [-0.39, 0.29) is 17.7 Å². The highest BCUT2D eigenvalue weighted by molar-refractivity contribution is 5.08. The van der Waals surface area contributed by atoms with Gasteiger partial charge in [0.05, 0.1) is 11.8 Å². The standard InChI is InChI=1S/C13H20F3N3O/c1-2-4-12(6-8-17-9-7-12)11-18-10(19-20-11)3-5-13(14,15)16/h17H,2-9H2,1H3. The SMILES string of the molecule is CCCC1(c2nc(CCC(F)(F)F)no2)CCNCC1. The Kier molecular flexibility index (Phi) is 4.67. The van der Waals surface area contributed by atoms with Crippen LogP contribution in [0.2, 0.25) is 0 Å². The smallest absolute Gasteiger partial charge is 0.339 e. The Morgan fingerprint density at radius 1 is 1.30 bits per heavy atom. The molecule has 0 atom stereocenters. The van der Waals surface area contributed by atoms with Crippen molar-refractivity contribution in [2.75, 3.05) is 13.1 Å². The van der Waals surface area contributed by atoms with Crippen LogP contribution in [0.15, 0.2) is 4.52 Å². The predicted octanol–water partition coefficient (Wildman–Crippen LogP) is 2.99. The molecule has 0 aliphatic carbocycles. The summed E-state index contributed by atoms with van der Waals surface area (Å²) in [7, 11) is 0. The molecule has 0 amide bonds. The molecule has 1 saturated heterocycles. The summed E-state index contributed by atoms with van der Waals surface area (Å²) in [4.78, 5) is 4.22. The van der Waals surface area contributed by atoms with Crippen molar-refractivity contribution in [1.82, 2.24) is 15.5 Å². The van der Waals surface area contributed by atoms with Gasteiger partial charge in [0, 0.05) is 6.42 Å². The van der Waals surface area contributed by atoms with Crippen molar-refractivity contribution in [3.63, 3.8) is 0 Å². The van der Waals surface area contributed by atoms with Gasteiger partial charge in [-0.15, -0.1) is 0 Å². The number of halogens is 3. The van der Waals surface area contributed by atoms with Gasteiger partial charge in [0.25, 0.3) is 0 Å². The van der Waals surface area contributed by atoms with Gasteiger partial charge in [-0.2, -0.15) is 18.2 Å². The molecule has 0 bridgehead atoms. The van der Waals surface area contributed by atoms with Crippen molar-refractivity contribution in [3.05, 3.63) is 11.7 Å². The lowest BCUT2D eigenvalue weighted by atomic mass is 9.75. The molecule has 2 heterocycles. The maximum absolute atomic E-state index is 12.2. The van der Waals surface area contributed by atoms with Gasteiger partial charge in [-0.3, -0.25) is 0 Å². The molecule has 1 aliphatic heterocycles. The number of alkyl halides is 3. The normalized spacial score (nSPS) is 19.2. The summed E-state index contributed by atoms with van der Waals surface area (Å²) in [6.45, 7) is 3.84. The van der Waals surface area contributed by atoms with E-state index >= 15 is 0 Å². The Bertz CT molecular complexity index is 419. The van der Waals surface area contributed by atoms with Crippen LogP contribution < -0.4 is 5.32 Å². The van der Waals surface area contributed by atoms with E-state index < -0.39 is 12.6 Å². The summed E-state index contributed by atoms with van der Waals surface area (Å²) in [5, 5.41) is 7.00. The van der Waals surface area contributed by atoms with Gasteiger partial charge in [0.15, 0.2) is 5.82 Å². The minimum Gasteiger partial charge on any atom is -0.339 e. The lowest BCUT2D eigenvalue weighted by Gasteiger charge is -2.34. The van der Waals surface area contributed by atoms with Crippen molar-refractivity contribution in [1.29, 1.82) is 0 Å². The van der Waals surface area contributed by atoms with Gasteiger partial charge in [0.2, 0.25) is 5.89 Å². The summed E-state index contributed by atoms with van der Waals surface area (Å²) in [5.74, 6) is 0.671. The molecule has 114 valence electrons. The van der Waals surface area contributed by atoms with Crippen LogP contribution >= 0.6 is 0 Å². The first-order valence-electron chi connectivity index (χ1n) is 7.06. The monoisotopic (exact) mass is 291 g/mol. The zero-order valence-electron chi connectivity index (χ0n) is 11.6. The molecule has 0 unspecified atom stereocenters. The lowest BCUT2D eigenvalue weighted by molar-refractivity contribution is -0.134. The molecule has 7 heteroatoms. The van der Waals surface area contributed by atoms with Crippen molar-refractivity contribution in [2.24, 2.45) is 0 Å². The van der Waals surface area contributed by atoms with Gasteiger partial charge >= 0.3 is 6.18 Å². The molecule has 0 saturated carbocycles. The number of nitrogens with zero attached hydrogens (tertiary/aromatic N) is 2. The zero-order valence-corrected chi connectivity index (χ0v) is 11.6. The molecule has 1 aliphatic rings. The number of hydrogen-bond donors (Lipinski definition) is 1.